The average Bonchev–Trinajstić information content (AvgIpc) is 2.99. The number of hydrogen-bond donors (Lipinski definition) is 1. The van der Waals surface area contributed by atoms with Crippen molar-refractivity contribution in [1.82, 2.24) is 5.32 Å². The number of carbonyl (C=O) groups excluding carboxylic acids is 1. The Hall–Kier alpha value is -0.570. The van der Waals surface area contributed by atoms with E-state index in [-0.39, 0.29) is 11.9 Å². The maximum Gasteiger partial charge on any atom is 0.310 e. The van der Waals surface area contributed by atoms with E-state index in [0.717, 1.165) is 19.3 Å². The van der Waals surface area contributed by atoms with Crippen molar-refractivity contribution in [2.45, 2.75) is 76.8 Å². The fourth-order valence-electron chi connectivity index (χ4n) is 3.25. The topological polar surface area (TPSA) is 38.3 Å². The second kappa shape index (κ2) is 7.13. The van der Waals surface area contributed by atoms with Gasteiger partial charge in [0.05, 0.1) is 12.5 Å². The van der Waals surface area contributed by atoms with Gasteiger partial charge in [-0.25, -0.2) is 0 Å². The van der Waals surface area contributed by atoms with Crippen molar-refractivity contribution in [1.29, 1.82) is 0 Å². The molecule has 2 bridgehead atoms. The quantitative estimate of drug-likeness (QED) is 0.534. The lowest BCUT2D eigenvalue weighted by molar-refractivity contribution is -0.149. The number of nitrogens with one attached hydrogen (secondary N) is 1. The number of hydrogen-bond acceptors (Lipinski definition) is 3. The monoisotopic (exact) mass is 253 g/mol. The summed E-state index contributed by atoms with van der Waals surface area (Å²) in [5.41, 5.74) is 0. The fraction of sp³-hybridized carbons (Fsp3) is 0.933. The maximum atomic E-state index is 11.9. The van der Waals surface area contributed by atoms with Crippen LogP contribution in [-0.2, 0) is 9.53 Å². The number of fused-ring (bicyclic) bond motifs is 2. The van der Waals surface area contributed by atoms with Gasteiger partial charge in [0, 0.05) is 12.1 Å². The second-order valence-electron chi connectivity index (χ2n) is 5.82. The lowest BCUT2D eigenvalue weighted by atomic mass is 9.89. The molecule has 0 radical (unpaired) electrons. The highest BCUT2D eigenvalue weighted by molar-refractivity contribution is 5.74. The molecule has 104 valence electrons. The van der Waals surface area contributed by atoms with Gasteiger partial charge >= 0.3 is 5.97 Å². The van der Waals surface area contributed by atoms with Crippen LogP contribution < -0.4 is 5.32 Å². The molecule has 2 aliphatic rings. The van der Waals surface area contributed by atoms with E-state index in [1.54, 1.807) is 0 Å². The number of carbonyl (C=O) groups is 1. The second-order valence-corrected chi connectivity index (χ2v) is 5.82. The minimum Gasteiger partial charge on any atom is -0.465 e. The molecule has 2 heterocycles. The van der Waals surface area contributed by atoms with Crippen molar-refractivity contribution in [2.24, 2.45) is 5.92 Å². The lowest BCUT2D eigenvalue weighted by Crippen LogP contribution is -2.30. The van der Waals surface area contributed by atoms with E-state index in [4.69, 9.17) is 4.74 Å². The number of ether oxygens (including phenoxy) is 1. The van der Waals surface area contributed by atoms with Gasteiger partial charge in [0.25, 0.3) is 0 Å². The van der Waals surface area contributed by atoms with Crippen LogP contribution in [0.25, 0.3) is 0 Å². The van der Waals surface area contributed by atoms with Gasteiger partial charge in [-0.05, 0) is 25.7 Å². The molecule has 1 N–H and O–H groups in total. The van der Waals surface area contributed by atoms with Crippen molar-refractivity contribution in [3.63, 3.8) is 0 Å². The molecule has 0 aliphatic carbocycles. The molecule has 18 heavy (non-hydrogen) atoms. The predicted molar refractivity (Wildman–Crippen MR) is 72.4 cm³/mol. The Bertz CT molecular complexity index is 267. The van der Waals surface area contributed by atoms with Gasteiger partial charge in [-0.1, -0.05) is 39.0 Å². The van der Waals surface area contributed by atoms with Gasteiger partial charge in [-0.15, -0.1) is 0 Å². The largest absolute Gasteiger partial charge is 0.465 e. The third-order valence-electron chi connectivity index (χ3n) is 4.35. The van der Waals surface area contributed by atoms with Crippen LogP contribution in [0.5, 0.6) is 0 Å². The fourth-order valence-corrected chi connectivity index (χ4v) is 3.25. The highest BCUT2D eigenvalue weighted by Gasteiger charge is 2.43. The summed E-state index contributed by atoms with van der Waals surface area (Å²) in [6, 6.07) is 0.994. The van der Waals surface area contributed by atoms with Gasteiger partial charge in [0.1, 0.15) is 0 Å². The molecule has 3 unspecified atom stereocenters. The molecule has 0 amide bonds. The van der Waals surface area contributed by atoms with Crippen LogP contribution in [0.2, 0.25) is 0 Å². The lowest BCUT2D eigenvalue weighted by Gasteiger charge is -2.18. The zero-order valence-corrected chi connectivity index (χ0v) is 11.6. The molecule has 3 heteroatoms. The summed E-state index contributed by atoms with van der Waals surface area (Å²) in [7, 11) is 0. The number of unbranched alkanes of at least 4 members (excludes halogenated alkanes) is 5. The third-order valence-corrected chi connectivity index (χ3v) is 4.35. The Morgan fingerprint density at radius 2 is 1.94 bits per heavy atom. The Labute approximate surface area is 111 Å². The Kier molecular flexibility index (Phi) is 5.48. The Balaban J connectivity index is 1.50. The van der Waals surface area contributed by atoms with Crippen LogP contribution in [0.15, 0.2) is 0 Å². The molecule has 3 atom stereocenters. The van der Waals surface area contributed by atoms with E-state index in [1.807, 2.05) is 0 Å². The molecule has 0 spiro atoms. The summed E-state index contributed by atoms with van der Waals surface area (Å²) < 4.78 is 5.41. The van der Waals surface area contributed by atoms with E-state index in [1.165, 1.54) is 38.5 Å². The average molecular weight is 253 g/mol. The van der Waals surface area contributed by atoms with Gasteiger partial charge in [0.2, 0.25) is 0 Å². The number of esters is 1. The van der Waals surface area contributed by atoms with Gasteiger partial charge in [0.15, 0.2) is 0 Å². The van der Waals surface area contributed by atoms with Crippen LogP contribution in [0.3, 0.4) is 0 Å². The van der Waals surface area contributed by atoms with Gasteiger partial charge < -0.3 is 10.1 Å². The Morgan fingerprint density at radius 1 is 1.17 bits per heavy atom. The van der Waals surface area contributed by atoms with Crippen LogP contribution in [0, 0.1) is 5.92 Å². The van der Waals surface area contributed by atoms with Crippen molar-refractivity contribution in [3.8, 4) is 0 Å². The molecular weight excluding hydrogens is 226 g/mol. The molecule has 2 rings (SSSR count). The molecule has 2 aliphatic heterocycles. The number of rotatable bonds is 8. The van der Waals surface area contributed by atoms with E-state index in [0.29, 0.717) is 18.7 Å². The summed E-state index contributed by atoms with van der Waals surface area (Å²) in [6.45, 7) is 2.85. The minimum absolute atomic E-state index is 0.0447. The molecule has 2 saturated heterocycles. The standard InChI is InChI=1S/C15H27NO2/c1-2-3-4-5-6-7-10-18-15(17)13-11-12-8-9-14(13)16-12/h12-14,16H,2-11H2,1H3. The first kappa shape index (κ1) is 13.9. The van der Waals surface area contributed by atoms with Crippen LogP contribution >= 0.6 is 0 Å². The molecule has 3 nitrogen and oxygen atoms in total. The Morgan fingerprint density at radius 3 is 2.61 bits per heavy atom. The van der Waals surface area contributed by atoms with Crippen LogP contribution in [-0.4, -0.2) is 24.7 Å². The molecule has 0 aromatic rings. The molecule has 0 aromatic carbocycles. The van der Waals surface area contributed by atoms with Crippen molar-refractivity contribution < 1.29 is 9.53 Å². The predicted octanol–water partition coefficient (Wildman–Crippen LogP) is 3.03. The first-order chi connectivity index (χ1) is 8.81. The van der Waals surface area contributed by atoms with Crippen molar-refractivity contribution in [2.75, 3.05) is 6.61 Å². The first-order valence-electron chi connectivity index (χ1n) is 7.74. The minimum atomic E-state index is 0.0447. The van der Waals surface area contributed by atoms with Gasteiger partial charge in [-0.3, -0.25) is 4.79 Å². The summed E-state index contributed by atoms with van der Waals surface area (Å²) in [4.78, 5) is 11.9. The normalized spacial score (nSPS) is 29.7. The molecular formula is C15H27NO2. The van der Waals surface area contributed by atoms with Gasteiger partial charge in [-0.2, -0.15) is 0 Å². The highest BCUT2D eigenvalue weighted by Crippen LogP contribution is 2.33. The molecule has 2 fully saturated rings. The zero-order chi connectivity index (χ0) is 12.8. The van der Waals surface area contributed by atoms with Crippen molar-refractivity contribution in [3.05, 3.63) is 0 Å². The summed E-state index contributed by atoms with van der Waals surface area (Å²) in [6.07, 6.45) is 10.8. The summed E-state index contributed by atoms with van der Waals surface area (Å²) in [5.74, 6) is 0.187. The maximum absolute atomic E-state index is 11.9. The smallest absolute Gasteiger partial charge is 0.310 e. The summed E-state index contributed by atoms with van der Waals surface area (Å²) in [5, 5.41) is 3.48. The van der Waals surface area contributed by atoms with E-state index >= 15 is 0 Å². The SMILES string of the molecule is CCCCCCCCOC(=O)C1CC2CCC1N2. The first-order valence-corrected chi connectivity index (χ1v) is 7.74. The van der Waals surface area contributed by atoms with Crippen LogP contribution in [0.1, 0.15) is 64.7 Å². The highest BCUT2D eigenvalue weighted by atomic mass is 16.5. The van der Waals surface area contributed by atoms with Crippen molar-refractivity contribution >= 4 is 5.97 Å². The molecule has 0 aromatic heterocycles. The summed E-state index contributed by atoms with van der Waals surface area (Å²) >= 11 is 0. The van der Waals surface area contributed by atoms with E-state index < -0.39 is 0 Å². The van der Waals surface area contributed by atoms with E-state index in [9.17, 15) is 4.79 Å². The third kappa shape index (κ3) is 3.71. The van der Waals surface area contributed by atoms with Crippen LogP contribution in [0.4, 0.5) is 0 Å². The zero-order valence-electron chi connectivity index (χ0n) is 11.6. The van der Waals surface area contributed by atoms with E-state index in [2.05, 4.69) is 12.2 Å². The molecule has 0 saturated carbocycles.